The van der Waals surface area contributed by atoms with E-state index in [9.17, 15) is 21.2 Å². The first kappa shape index (κ1) is 18.1. The van der Waals surface area contributed by atoms with Gasteiger partial charge in [-0.1, -0.05) is 0 Å². The van der Waals surface area contributed by atoms with Crippen molar-refractivity contribution in [2.45, 2.75) is 37.3 Å². The minimum Gasteiger partial charge on any atom is -0.229 e. The van der Waals surface area contributed by atoms with Gasteiger partial charge in [0.05, 0.1) is 9.64 Å². The molecule has 0 saturated carbocycles. The second kappa shape index (κ2) is 5.66. The molecule has 0 aliphatic rings. The molecular weight excluding hydrogens is 317 g/mol. The number of sulfonamides is 1. The largest absolute Gasteiger partial charge is 0.241 e. The third-order valence-electron chi connectivity index (χ3n) is 3.39. The van der Waals surface area contributed by atoms with Gasteiger partial charge in [-0.3, -0.25) is 0 Å². The maximum absolute atomic E-state index is 13.2. The van der Waals surface area contributed by atoms with E-state index in [4.69, 9.17) is 0 Å². The Morgan fingerprint density at radius 1 is 1.10 bits per heavy atom. The fraction of sp³-hybridized carbons (Fsp3) is 0.538. The van der Waals surface area contributed by atoms with Gasteiger partial charge < -0.3 is 0 Å². The summed E-state index contributed by atoms with van der Waals surface area (Å²) in [4.78, 5) is -0.0202. The Bertz CT molecular complexity index is 729. The van der Waals surface area contributed by atoms with Crippen molar-refractivity contribution in [3.05, 3.63) is 29.1 Å². The highest BCUT2D eigenvalue weighted by atomic mass is 32.2. The van der Waals surface area contributed by atoms with Crippen molar-refractivity contribution < 1.29 is 21.2 Å². The molecule has 0 aliphatic heterocycles. The average molecular weight is 337 g/mol. The molecule has 0 amide bonds. The molecule has 1 aromatic carbocycles. The molecule has 1 aromatic rings. The van der Waals surface area contributed by atoms with Gasteiger partial charge in [0.25, 0.3) is 0 Å². The van der Waals surface area contributed by atoms with Crippen molar-refractivity contribution in [2.75, 3.05) is 12.8 Å². The van der Waals surface area contributed by atoms with Crippen molar-refractivity contribution in [1.82, 2.24) is 4.72 Å². The zero-order valence-electron chi connectivity index (χ0n) is 12.7. The second-order valence-electron chi connectivity index (χ2n) is 5.73. The zero-order valence-corrected chi connectivity index (χ0v) is 14.3. The van der Waals surface area contributed by atoms with Crippen molar-refractivity contribution in [3.8, 4) is 0 Å². The van der Waals surface area contributed by atoms with Crippen molar-refractivity contribution >= 4 is 19.9 Å². The topological polar surface area (TPSA) is 80.3 Å². The van der Waals surface area contributed by atoms with Crippen LogP contribution in [-0.4, -0.2) is 34.4 Å². The number of benzene rings is 1. The molecule has 0 fully saturated rings. The molecule has 0 heterocycles. The van der Waals surface area contributed by atoms with Crippen LogP contribution in [-0.2, 0) is 19.9 Å². The lowest BCUT2D eigenvalue weighted by molar-refractivity contribution is 0.536. The van der Waals surface area contributed by atoms with E-state index in [0.29, 0.717) is 0 Å². The maximum Gasteiger partial charge on any atom is 0.241 e. The lowest BCUT2D eigenvalue weighted by atomic mass is 10.1. The number of hydrogen-bond acceptors (Lipinski definition) is 4. The Morgan fingerprint density at radius 2 is 1.52 bits per heavy atom. The van der Waals surface area contributed by atoms with Gasteiger partial charge in [-0.25, -0.2) is 25.9 Å². The monoisotopic (exact) mass is 337 g/mol. The van der Waals surface area contributed by atoms with Crippen LogP contribution >= 0.6 is 0 Å². The lowest BCUT2D eigenvalue weighted by Crippen LogP contribution is -2.43. The predicted molar refractivity (Wildman–Crippen MR) is 80.0 cm³/mol. The number of sulfone groups is 1. The molecule has 0 atom stereocenters. The summed E-state index contributed by atoms with van der Waals surface area (Å²) in [6, 6.07) is 2.26. The highest BCUT2D eigenvalue weighted by Crippen LogP contribution is 2.22. The molecule has 0 unspecified atom stereocenters. The van der Waals surface area contributed by atoms with Crippen LogP contribution in [0.25, 0.3) is 0 Å². The molecule has 0 saturated heterocycles. The summed E-state index contributed by atoms with van der Waals surface area (Å²) in [5.74, 6) is -0.514. The number of nitrogens with one attached hydrogen (secondary N) is 1. The first-order valence-electron chi connectivity index (χ1n) is 6.24. The summed E-state index contributed by atoms with van der Waals surface area (Å²) in [5, 5.41) is 0. The van der Waals surface area contributed by atoms with Gasteiger partial charge in [-0.05, 0) is 51.0 Å². The van der Waals surface area contributed by atoms with E-state index < -0.39 is 30.4 Å². The molecule has 5 nitrogen and oxygen atoms in total. The van der Waals surface area contributed by atoms with Crippen LogP contribution in [0.5, 0.6) is 0 Å². The van der Waals surface area contributed by atoms with Crippen molar-refractivity contribution in [2.24, 2.45) is 0 Å². The molecule has 0 aromatic heterocycles. The number of hydrogen-bond donors (Lipinski definition) is 1. The van der Waals surface area contributed by atoms with Crippen LogP contribution in [0, 0.1) is 19.7 Å². The minimum atomic E-state index is -3.91. The van der Waals surface area contributed by atoms with E-state index in [0.717, 1.165) is 18.4 Å². The smallest absolute Gasteiger partial charge is 0.229 e. The Balaban J connectivity index is 3.16. The fourth-order valence-corrected chi connectivity index (χ4v) is 3.88. The fourth-order valence-electron chi connectivity index (χ4n) is 1.79. The Kier molecular flexibility index (Phi) is 4.87. The van der Waals surface area contributed by atoms with Gasteiger partial charge in [0.2, 0.25) is 10.0 Å². The Hall–Kier alpha value is -0.990. The Labute approximate surface area is 125 Å². The first-order chi connectivity index (χ1) is 9.28. The van der Waals surface area contributed by atoms with Crippen LogP contribution in [0.2, 0.25) is 0 Å². The molecule has 21 heavy (non-hydrogen) atoms. The van der Waals surface area contributed by atoms with E-state index in [1.165, 1.54) is 27.7 Å². The zero-order chi connectivity index (χ0) is 16.6. The Morgan fingerprint density at radius 3 is 1.90 bits per heavy atom. The standard InChI is InChI=1S/C13H20FNO4S2/c1-9-6-11(14)7-10(2)12(9)21(18,19)15-8-13(3,4)20(5,16)17/h6-7,15H,8H2,1-5H3. The molecule has 0 bridgehead atoms. The van der Waals surface area contributed by atoms with E-state index in [2.05, 4.69) is 4.72 Å². The third-order valence-corrected chi connectivity index (χ3v) is 7.24. The van der Waals surface area contributed by atoms with Gasteiger partial charge in [0.15, 0.2) is 9.84 Å². The summed E-state index contributed by atoms with van der Waals surface area (Å²) in [6.45, 7) is 5.60. The predicted octanol–water partition coefficient (Wildman–Crippen LogP) is 1.54. The number of halogens is 1. The lowest BCUT2D eigenvalue weighted by Gasteiger charge is -2.23. The quantitative estimate of drug-likeness (QED) is 0.884. The number of aryl methyl sites for hydroxylation is 2. The van der Waals surface area contributed by atoms with Crippen LogP contribution in [0.3, 0.4) is 0 Å². The number of rotatable bonds is 5. The van der Waals surface area contributed by atoms with Crippen molar-refractivity contribution in [3.63, 3.8) is 0 Å². The van der Waals surface area contributed by atoms with E-state index >= 15 is 0 Å². The summed E-state index contributed by atoms with van der Waals surface area (Å²) in [6.07, 6.45) is 1.05. The van der Waals surface area contributed by atoms with Gasteiger partial charge in [0, 0.05) is 12.8 Å². The summed E-state index contributed by atoms with van der Waals surface area (Å²) < 4.78 is 62.2. The SMILES string of the molecule is Cc1cc(F)cc(C)c1S(=O)(=O)NCC(C)(C)S(C)(=O)=O. The highest BCUT2D eigenvalue weighted by Gasteiger charge is 2.32. The normalized spacial score (nSPS) is 13.4. The van der Waals surface area contributed by atoms with Gasteiger partial charge in [-0.2, -0.15) is 0 Å². The van der Waals surface area contributed by atoms with Crippen LogP contribution in [0.15, 0.2) is 17.0 Å². The van der Waals surface area contributed by atoms with Crippen LogP contribution in [0.4, 0.5) is 4.39 Å². The summed E-state index contributed by atoms with van der Waals surface area (Å²) in [7, 11) is -7.33. The van der Waals surface area contributed by atoms with Gasteiger partial charge in [0.1, 0.15) is 5.82 Å². The first-order valence-corrected chi connectivity index (χ1v) is 9.61. The highest BCUT2D eigenvalue weighted by molar-refractivity contribution is 7.92. The van der Waals surface area contributed by atoms with Gasteiger partial charge in [-0.15, -0.1) is 0 Å². The van der Waals surface area contributed by atoms with E-state index in [1.807, 2.05) is 0 Å². The third kappa shape index (κ3) is 4.02. The molecular formula is C13H20FNO4S2. The molecule has 1 rings (SSSR count). The molecule has 120 valence electrons. The summed E-state index contributed by atoms with van der Waals surface area (Å²) in [5.41, 5.74) is 0.550. The summed E-state index contributed by atoms with van der Waals surface area (Å²) >= 11 is 0. The van der Waals surface area contributed by atoms with Crippen LogP contribution in [0.1, 0.15) is 25.0 Å². The molecule has 0 aliphatic carbocycles. The minimum absolute atomic E-state index is 0.0202. The molecule has 1 N–H and O–H groups in total. The molecule has 0 spiro atoms. The maximum atomic E-state index is 13.2. The van der Waals surface area contributed by atoms with Gasteiger partial charge >= 0.3 is 0 Å². The second-order valence-corrected chi connectivity index (χ2v) is 10.1. The molecule has 0 radical (unpaired) electrons. The van der Waals surface area contributed by atoms with Crippen LogP contribution < -0.4 is 4.72 Å². The van der Waals surface area contributed by atoms with Crippen molar-refractivity contribution in [1.29, 1.82) is 0 Å². The van der Waals surface area contributed by atoms with E-state index in [-0.39, 0.29) is 22.6 Å². The molecule has 8 heteroatoms. The average Bonchev–Trinajstić information content (AvgIpc) is 2.23. The van der Waals surface area contributed by atoms with E-state index in [1.54, 1.807) is 0 Å².